The molecule has 0 aliphatic heterocycles. The maximum Gasteiger partial charge on any atom is 0.410 e. The third-order valence-corrected chi connectivity index (χ3v) is 3.26. The number of carbonyl (C=O) groups excluding carboxylic acids is 1. The van der Waals surface area contributed by atoms with Gasteiger partial charge in [-0.2, -0.15) is 0 Å². The van der Waals surface area contributed by atoms with E-state index in [0.717, 1.165) is 24.1 Å². The zero-order valence-corrected chi connectivity index (χ0v) is 13.7. The molecule has 2 aromatic rings. The van der Waals surface area contributed by atoms with Crippen molar-refractivity contribution in [1.82, 2.24) is 19.4 Å². The van der Waals surface area contributed by atoms with Gasteiger partial charge >= 0.3 is 6.09 Å². The Hall–Kier alpha value is -2.11. The van der Waals surface area contributed by atoms with Gasteiger partial charge in [-0.3, -0.25) is 0 Å². The van der Waals surface area contributed by atoms with E-state index in [4.69, 9.17) is 4.74 Å². The second-order valence-electron chi connectivity index (χ2n) is 6.20. The van der Waals surface area contributed by atoms with Crippen molar-refractivity contribution in [3.8, 4) is 0 Å². The van der Waals surface area contributed by atoms with Crippen LogP contribution in [0.15, 0.2) is 24.7 Å². The topological polar surface area (TPSA) is 60.2 Å². The molecular weight excluding hydrogens is 280 g/mol. The van der Waals surface area contributed by atoms with E-state index >= 15 is 0 Å². The first-order valence-electron chi connectivity index (χ1n) is 7.64. The fourth-order valence-corrected chi connectivity index (χ4v) is 2.21. The third-order valence-electron chi connectivity index (χ3n) is 3.26. The van der Waals surface area contributed by atoms with Crippen LogP contribution in [0, 0.1) is 0 Å². The molecule has 0 aliphatic rings. The molecule has 0 fully saturated rings. The van der Waals surface area contributed by atoms with Crippen LogP contribution in [0.3, 0.4) is 0 Å². The Balaban J connectivity index is 1.90. The van der Waals surface area contributed by atoms with Crippen molar-refractivity contribution in [2.24, 2.45) is 0 Å². The molecule has 2 rings (SSSR count). The number of hydrogen-bond donors (Lipinski definition) is 0. The van der Waals surface area contributed by atoms with E-state index in [0.29, 0.717) is 13.1 Å². The molecule has 0 atom stereocenters. The Labute approximate surface area is 131 Å². The molecule has 0 radical (unpaired) electrons. The number of imidazole rings is 1. The maximum atomic E-state index is 12.1. The van der Waals surface area contributed by atoms with Crippen molar-refractivity contribution in [2.45, 2.75) is 46.3 Å². The number of aromatic nitrogens is 3. The van der Waals surface area contributed by atoms with E-state index in [1.165, 1.54) is 0 Å². The number of pyridine rings is 1. The van der Waals surface area contributed by atoms with Gasteiger partial charge in [0.15, 0.2) is 5.65 Å². The van der Waals surface area contributed by atoms with E-state index in [9.17, 15) is 4.79 Å². The van der Waals surface area contributed by atoms with Crippen LogP contribution in [-0.4, -0.2) is 44.2 Å². The third kappa shape index (κ3) is 4.19. The van der Waals surface area contributed by atoms with Crippen molar-refractivity contribution in [1.29, 1.82) is 0 Å². The minimum atomic E-state index is -0.462. The smallest absolute Gasteiger partial charge is 0.410 e. The molecule has 6 nitrogen and oxygen atoms in total. The number of carbonyl (C=O) groups is 1. The first-order chi connectivity index (χ1) is 10.4. The molecule has 22 heavy (non-hydrogen) atoms. The molecule has 1 amide bonds. The van der Waals surface area contributed by atoms with Crippen molar-refractivity contribution in [3.05, 3.63) is 24.7 Å². The van der Waals surface area contributed by atoms with Crippen molar-refractivity contribution in [3.63, 3.8) is 0 Å². The van der Waals surface area contributed by atoms with Gasteiger partial charge in [-0.05, 0) is 46.2 Å². The highest BCUT2D eigenvalue weighted by Gasteiger charge is 2.20. The molecule has 0 saturated heterocycles. The van der Waals surface area contributed by atoms with Gasteiger partial charge < -0.3 is 14.2 Å². The van der Waals surface area contributed by atoms with Gasteiger partial charge in [0.2, 0.25) is 0 Å². The summed E-state index contributed by atoms with van der Waals surface area (Å²) < 4.78 is 7.47. The normalized spacial score (nSPS) is 11.6. The van der Waals surface area contributed by atoms with Gasteiger partial charge in [-0.25, -0.2) is 14.8 Å². The Morgan fingerprint density at radius 3 is 2.82 bits per heavy atom. The van der Waals surface area contributed by atoms with E-state index in [1.54, 1.807) is 17.4 Å². The Morgan fingerprint density at radius 1 is 1.36 bits per heavy atom. The second kappa shape index (κ2) is 6.77. The molecule has 0 saturated carbocycles. The Morgan fingerprint density at radius 2 is 2.14 bits per heavy atom. The van der Waals surface area contributed by atoms with E-state index < -0.39 is 5.60 Å². The number of aryl methyl sites for hydroxylation is 1. The van der Waals surface area contributed by atoms with Crippen LogP contribution in [-0.2, 0) is 11.3 Å². The summed E-state index contributed by atoms with van der Waals surface area (Å²) in [4.78, 5) is 22.3. The molecule has 0 bridgehead atoms. The SMILES string of the molecule is CCN(CCCn1cnc2ncccc21)C(=O)OC(C)(C)C. The summed E-state index contributed by atoms with van der Waals surface area (Å²) in [7, 11) is 0. The maximum absolute atomic E-state index is 12.1. The molecule has 2 heterocycles. The average Bonchev–Trinajstić information content (AvgIpc) is 2.85. The lowest BCUT2D eigenvalue weighted by atomic mass is 10.2. The van der Waals surface area contributed by atoms with Crippen molar-refractivity contribution >= 4 is 17.3 Å². The largest absolute Gasteiger partial charge is 0.444 e. The van der Waals surface area contributed by atoms with E-state index in [-0.39, 0.29) is 6.09 Å². The average molecular weight is 304 g/mol. The predicted octanol–water partition coefficient (Wildman–Crippen LogP) is 3.08. The fourth-order valence-electron chi connectivity index (χ4n) is 2.21. The summed E-state index contributed by atoms with van der Waals surface area (Å²) in [6, 6.07) is 3.90. The first kappa shape index (κ1) is 16.3. The number of hydrogen-bond acceptors (Lipinski definition) is 4. The quantitative estimate of drug-likeness (QED) is 0.851. The highest BCUT2D eigenvalue weighted by molar-refractivity contribution is 5.70. The number of fused-ring (bicyclic) bond motifs is 1. The molecule has 0 unspecified atom stereocenters. The van der Waals surface area contributed by atoms with Crippen LogP contribution in [0.1, 0.15) is 34.1 Å². The number of ether oxygens (including phenoxy) is 1. The molecule has 0 aromatic carbocycles. The van der Waals surface area contributed by atoms with Crippen LogP contribution in [0.5, 0.6) is 0 Å². The lowest BCUT2D eigenvalue weighted by molar-refractivity contribution is 0.0256. The lowest BCUT2D eigenvalue weighted by Crippen LogP contribution is -2.37. The Bertz CT molecular complexity index is 630. The Kier molecular flexibility index (Phi) is 5.00. The van der Waals surface area contributed by atoms with E-state index in [1.807, 2.05) is 39.8 Å². The zero-order valence-electron chi connectivity index (χ0n) is 13.7. The van der Waals surface area contributed by atoms with Crippen LogP contribution < -0.4 is 0 Å². The zero-order chi connectivity index (χ0) is 16.2. The summed E-state index contributed by atoms with van der Waals surface area (Å²) in [5.41, 5.74) is 1.31. The second-order valence-corrected chi connectivity index (χ2v) is 6.20. The highest BCUT2D eigenvalue weighted by atomic mass is 16.6. The molecule has 6 heteroatoms. The summed E-state index contributed by atoms with van der Waals surface area (Å²) >= 11 is 0. The van der Waals surface area contributed by atoms with Gasteiger partial charge in [0.1, 0.15) is 5.60 Å². The molecule has 2 aromatic heterocycles. The van der Waals surface area contributed by atoms with Crippen LogP contribution in [0.25, 0.3) is 11.2 Å². The summed E-state index contributed by atoms with van der Waals surface area (Å²) in [6.45, 7) is 9.69. The van der Waals surface area contributed by atoms with Gasteiger partial charge in [-0.1, -0.05) is 0 Å². The summed E-state index contributed by atoms with van der Waals surface area (Å²) in [5, 5.41) is 0. The predicted molar refractivity (Wildman–Crippen MR) is 85.6 cm³/mol. The minimum Gasteiger partial charge on any atom is -0.444 e. The van der Waals surface area contributed by atoms with Crippen LogP contribution in [0.2, 0.25) is 0 Å². The molecule has 0 N–H and O–H groups in total. The monoisotopic (exact) mass is 304 g/mol. The lowest BCUT2D eigenvalue weighted by Gasteiger charge is -2.26. The van der Waals surface area contributed by atoms with Gasteiger partial charge in [0, 0.05) is 25.8 Å². The minimum absolute atomic E-state index is 0.257. The van der Waals surface area contributed by atoms with Gasteiger partial charge in [0.25, 0.3) is 0 Å². The first-order valence-corrected chi connectivity index (χ1v) is 7.64. The van der Waals surface area contributed by atoms with Crippen LogP contribution >= 0.6 is 0 Å². The fraction of sp³-hybridized carbons (Fsp3) is 0.562. The number of amides is 1. The van der Waals surface area contributed by atoms with Crippen molar-refractivity contribution in [2.75, 3.05) is 13.1 Å². The number of nitrogens with zero attached hydrogens (tertiary/aromatic N) is 4. The van der Waals surface area contributed by atoms with E-state index in [2.05, 4.69) is 14.5 Å². The van der Waals surface area contributed by atoms with Crippen LogP contribution in [0.4, 0.5) is 4.79 Å². The molecule has 0 spiro atoms. The summed E-state index contributed by atoms with van der Waals surface area (Å²) in [5.74, 6) is 0. The molecular formula is C16H24N4O2. The standard InChI is InChI=1S/C16H24N4O2/c1-5-19(15(21)22-16(2,3)4)10-7-11-20-12-18-14-13(20)8-6-9-17-14/h6,8-9,12H,5,7,10-11H2,1-4H3. The number of rotatable bonds is 5. The molecule has 0 aliphatic carbocycles. The summed E-state index contributed by atoms with van der Waals surface area (Å²) in [6.07, 6.45) is 4.11. The van der Waals surface area contributed by atoms with Crippen molar-refractivity contribution < 1.29 is 9.53 Å². The highest BCUT2D eigenvalue weighted by Crippen LogP contribution is 2.12. The van der Waals surface area contributed by atoms with Gasteiger partial charge in [0.05, 0.1) is 11.8 Å². The molecule has 120 valence electrons. The van der Waals surface area contributed by atoms with Gasteiger partial charge in [-0.15, -0.1) is 0 Å².